The highest BCUT2D eigenvalue weighted by molar-refractivity contribution is 5.82. The van der Waals surface area contributed by atoms with Crippen LogP contribution >= 0.6 is 0 Å². The van der Waals surface area contributed by atoms with Gasteiger partial charge < -0.3 is 14.2 Å². The highest BCUT2D eigenvalue weighted by atomic mass is 16.7. The second-order valence-electron chi connectivity index (χ2n) is 3.97. The SMILES string of the molecule is C#C/C=C/C=C/C(=O)OC[C@H]1COC(C)(C)O1. The summed E-state index contributed by atoms with van der Waals surface area (Å²) in [7, 11) is 0. The Labute approximate surface area is 101 Å². The summed E-state index contributed by atoms with van der Waals surface area (Å²) in [6, 6.07) is 0. The summed E-state index contributed by atoms with van der Waals surface area (Å²) < 4.78 is 15.8. The van der Waals surface area contributed by atoms with Crippen LogP contribution in [0.2, 0.25) is 0 Å². The van der Waals surface area contributed by atoms with E-state index in [4.69, 9.17) is 20.6 Å². The molecule has 17 heavy (non-hydrogen) atoms. The van der Waals surface area contributed by atoms with Crippen LogP contribution in [0.4, 0.5) is 0 Å². The lowest BCUT2D eigenvalue weighted by Crippen LogP contribution is -2.24. The van der Waals surface area contributed by atoms with Crippen molar-refractivity contribution in [2.24, 2.45) is 0 Å². The van der Waals surface area contributed by atoms with Gasteiger partial charge in [-0.2, -0.15) is 0 Å². The molecule has 1 rings (SSSR count). The van der Waals surface area contributed by atoms with Crippen LogP contribution in [0.1, 0.15) is 13.8 Å². The van der Waals surface area contributed by atoms with Crippen LogP contribution in [0, 0.1) is 12.3 Å². The number of rotatable bonds is 4. The molecule has 0 aromatic heterocycles. The third kappa shape index (κ3) is 5.34. The monoisotopic (exact) mass is 236 g/mol. The Hall–Kier alpha value is -1.57. The topological polar surface area (TPSA) is 44.8 Å². The van der Waals surface area contributed by atoms with E-state index < -0.39 is 11.8 Å². The van der Waals surface area contributed by atoms with Crippen LogP contribution in [-0.2, 0) is 19.0 Å². The first-order valence-electron chi connectivity index (χ1n) is 5.31. The molecule has 1 heterocycles. The predicted octanol–water partition coefficient (Wildman–Crippen LogP) is 1.43. The lowest BCUT2D eigenvalue weighted by molar-refractivity contribution is -0.154. The Morgan fingerprint density at radius 1 is 1.59 bits per heavy atom. The summed E-state index contributed by atoms with van der Waals surface area (Å²) in [4.78, 5) is 11.2. The molecule has 1 saturated heterocycles. The highest BCUT2D eigenvalue weighted by Crippen LogP contribution is 2.22. The maximum absolute atomic E-state index is 11.2. The summed E-state index contributed by atoms with van der Waals surface area (Å²) >= 11 is 0. The van der Waals surface area contributed by atoms with Crippen molar-refractivity contribution in [3.05, 3.63) is 24.3 Å². The van der Waals surface area contributed by atoms with E-state index >= 15 is 0 Å². The van der Waals surface area contributed by atoms with Gasteiger partial charge in [0.05, 0.1) is 6.61 Å². The molecule has 0 spiro atoms. The van der Waals surface area contributed by atoms with Crippen molar-refractivity contribution in [2.45, 2.75) is 25.7 Å². The molecule has 1 aliphatic heterocycles. The smallest absolute Gasteiger partial charge is 0.330 e. The molecular formula is C13H16O4. The quantitative estimate of drug-likeness (QED) is 0.320. The largest absolute Gasteiger partial charge is 0.460 e. The Kier molecular flexibility index (Phi) is 4.95. The van der Waals surface area contributed by atoms with Crippen molar-refractivity contribution in [1.29, 1.82) is 0 Å². The summed E-state index contributed by atoms with van der Waals surface area (Å²) in [6.07, 6.45) is 10.7. The minimum atomic E-state index is -0.595. The predicted molar refractivity (Wildman–Crippen MR) is 63.0 cm³/mol. The number of carbonyl (C=O) groups is 1. The van der Waals surface area contributed by atoms with Gasteiger partial charge >= 0.3 is 5.97 Å². The third-order valence-corrected chi connectivity index (χ3v) is 2.01. The van der Waals surface area contributed by atoms with Crippen molar-refractivity contribution in [3.8, 4) is 12.3 Å². The van der Waals surface area contributed by atoms with Crippen molar-refractivity contribution in [3.63, 3.8) is 0 Å². The van der Waals surface area contributed by atoms with E-state index in [0.717, 1.165) is 0 Å². The minimum Gasteiger partial charge on any atom is -0.460 e. The van der Waals surface area contributed by atoms with Crippen LogP contribution in [0.3, 0.4) is 0 Å². The number of terminal acetylenes is 1. The van der Waals surface area contributed by atoms with Gasteiger partial charge in [0.1, 0.15) is 12.7 Å². The fourth-order valence-electron chi connectivity index (χ4n) is 1.31. The van der Waals surface area contributed by atoms with Crippen molar-refractivity contribution in [2.75, 3.05) is 13.2 Å². The van der Waals surface area contributed by atoms with Crippen molar-refractivity contribution < 1.29 is 19.0 Å². The van der Waals surface area contributed by atoms with E-state index in [1.807, 2.05) is 13.8 Å². The maximum Gasteiger partial charge on any atom is 0.330 e. The number of hydrogen-bond donors (Lipinski definition) is 0. The van der Waals surface area contributed by atoms with E-state index in [0.29, 0.717) is 6.61 Å². The van der Waals surface area contributed by atoms with Crippen LogP contribution < -0.4 is 0 Å². The first-order chi connectivity index (χ1) is 8.03. The van der Waals surface area contributed by atoms with E-state index in [1.165, 1.54) is 18.2 Å². The van der Waals surface area contributed by atoms with Crippen LogP contribution in [0.15, 0.2) is 24.3 Å². The molecule has 0 saturated carbocycles. The molecule has 4 nitrogen and oxygen atoms in total. The number of ether oxygens (including phenoxy) is 3. The van der Waals surface area contributed by atoms with E-state index in [9.17, 15) is 4.79 Å². The van der Waals surface area contributed by atoms with Crippen LogP contribution in [0.25, 0.3) is 0 Å². The van der Waals surface area contributed by atoms with Gasteiger partial charge in [0.25, 0.3) is 0 Å². The third-order valence-electron chi connectivity index (χ3n) is 2.01. The van der Waals surface area contributed by atoms with Gasteiger partial charge in [0.2, 0.25) is 0 Å². The highest BCUT2D eigenvalue weighted by Gasteiger charge is 2.33. The first-order valence-corrected chi connectivity index (χ1v) is 5.31. The van der Waals surface area contributed by atoms with Gasteiger partial charge in [-0.15, -0.1) is 6.42 Å². The first kappa shape index (κ1) is 13.5. The molecule has 0 unspecified atom stereocenters. The van der Waals surface area contributed by atoms with Crippen LogP contribution in [0.5, 0.6) is 0 Å². The van der Waals surface area contributed by atoms with Gasteiger partial charge in [-0.3, -0.25) is 0 Å². The van der Waals surface area contributed by atoms with Gasteiger partial charge in [0, 0.05) is 6.08 Å². The summed E-state index contributed by atoms with van der Waals surface area (Å²) in [6.45, 7) is 4.26. The average molecular weight is 236 g/mol. The Morgan fingerprint density at radius 2 is 2.35 bits per heavy atom. The lowest BCUT2D eigenvalue weighted by Gasteiger charge is -2.16. The molecule has 0 aliphatic carbocycles. The van der Waals surface area contributed by atoms with Crippen LogP contribution in [-0.4, -0.2) is 31.1 Å². The molecule has 0 radical (unpaired) electrons. The zero-order chi connectivity index (χ0) is 12.7. The maximum atomic E-state index is 11.2. The molecular weight excluding hydrogens is 220 g/mol. The van der Waals surface area contributed by atoms with Gasteiger partial charge in [-0.1, -0.05) is 18.1 Å². The molecule has 0 amide bonds. The van der Waals surface area contributed by atoms with E-state index in [1.54, 1.807) is 6.08 Å². The molecule has 4 heteroatoms. The van der Waals surface area contributed by atoms with Gasteiger partial charge in [-0.25, -0.2) is 4.79 Å². The number of allylic oxidation sites excluding steroid dienone is 3. The Bertz CT molecular complexity index is 360. The molecule has 0 aromatic carbocycles. The molecule has 0 aromatic rings. The second kappa shape index (κ2) is 6.24. The molecule has 1 fully saturated rings. The molecule has 0 bridgehead atoms. The summed E-state index contributed by atoms with van der Waals surface area (Å²) in [5.41, 5.74) is 0. The molecule has 1 atom stereocenters. The summed E-state index contributed by atoms with van der Waals surface area (Å²) in [5, 5.41) is 0. The zero-order valence-corrected chi connectivity index (χ0v) is 10.0. The number of hydrogen-bond acceptors (Lipinski definition) is 4. The molecule has 0 N–H and O–H groups in total. The lowest BCUT2D eigenvalue weighted by atomic mass is 10.4. The number of carbonyl (C=O) groups excluding carboxylic acids is 1. The standard InChI is InChI=1S/C13H16O4/c1-4-5-6-7-8-12(14)15-9-11-10-16-13(2,3)17-11/h1,5-8,11H,9-10H2,2-3H3/b6-5+,8-7+/t11-/m0/s1. The molecule has 1 aliphatic rings. The van der Waals surface area contributed by atoms with Gasteiger partial charge in [-0.05, 0) is 19.9 Å². The zero-order valence-electron chi connectivity index (χ0n) is 10.0. The summed E-state index contributed by atoms with van der Waals surface area (Å²) in [5.74, 6) is 1.28. The fraction of sp³-hybridized carbons (Fsp3) is 0.462. The Balaban J connectivity index is 2.23. The Morgan fingerprint density at radius 3 is 2.94 bits per heavy atom. The van der Waals surface area contributed by atoms with Gasteiger partial charge in [0.15, 0.2) is 5.79 Å². The molecule has 92 valence electrons. The van der Waals surface area contributed by atoms with E-state index in [-0.39, 0.29) is 12.7 Å². The van der Waals surface area contributed by atoms with E-state index in [2.05, 4.69) is 5.92 Å². The minimum absolute atomic E-state index is 0.186. The second-order valence-corrected chi connectivity index (χ2v) is 3.97. The van der Waals surface area contributed by atoms with Crippen molar-refractivity contribution in [1.82, 2.24) is 0 Å². The fourth-order valence-corrected chi connectivity index (χ4v) is 1.31. The average Bonchev–Trinajstić information content (AvgIpc) is 2.62. The normalized spacial score (nSPS) is 23.0. The number of esters is 1. The van der Waals surface area contributed by atoms with Crippen molar-refractivity contribution >= 4 is 5.97 Å².